The number of amides is 2. The molecule has 0 aromatic carbocycles. The average Bonchev–Trinajstić information content (AvgIpc) is 2.82. The molecule has 0 heterocycles. The van der Waals surface area contributed by atoms with E-state index in [0.29, 0.717) is 6.42 Å². The van der Waals surface area contributed by atoms with Crippen LogP contribution in [0, 0.1) is 5.41 Å². The zero-order valence-corrected chi connectivity index (χ0v) is 13.7. The van der Waals surface area contributed by atoms with Crippen LogP contribution >= 0.6 is 11.8 Å². The molecule has 0 radical (unpaired) electrons. The first-order valence-electron chi connectivity index (χ1n) is 7.79. The maximum absolute atomic E-state index is 12.1. The molecule has 21 heavy (non-hydrogen) atoms. The van der Waals surface area contributed by atoms with E-state index in [9.17, 15) is 14.7 Å². The van der Waals surface area contributed by atoms with Gasteiger partial charge in [0.05, 0.1) is 5.41 Å². The normalized spacial score (nSPS) is 36.2. The summed E-state index contributed by atoms with van der Waals surface area (Å²) in [5.41, 5.74) is -0.826. The lowest BCUT2D eigenvalue weighted by Crippen LogP contribution is -2.52. The topological polar surface area (TPSA) is 78.4 Å². The Bertz CT molecular complexity index is 396. The molecule has 6 heteroatoms. The van der Waals surface area contributed by atoms with E-state index in [-0.39, 0.29) is 18.1 Å². The maximum atomic E-state index is 12.1. The van der Waals surface area contributed by atoms with Crippen LogP contribution in [-0.2, 0) is 4.79 Å². The van der Waals surface area contributed by atoms with Crippen molar-refractivity contribution in [3.8, 4) is 0 Å². The van der Waals surface area contributed by atoms with Crippen LogP contribution in [0.4, 0.5) is 4.79 Å². The van der Waals surface area contributed by atoms with Crippen molar-refractivity contribution in [2.45, 2.75) is 69.2 Å². The lowest BCUT2D eigenvalue weighted by atomic mass is 9.85. The van der Waals surface area contributed by atoms with Crippen LogP contribution in [0.1, 0.15) is 51.9 Å². The van der Waals surface area contributed by atoms with Crippen molar-refractivity contribution in [3.05, 3.63) is 0 Å². The third-order valence-electron chi connectivity index (χ3n) is 5.09. The molecule has 2 atom stereocenters. The highest BCUT2D eigenvalue weighted by molar-refractivity contribution is 7.99. The average molecular weight is 314 g/mol. The number of nitrogens with one attached hydrogen (secondary N) is 2. The van der Waals surface area contributed by atoms with E-state index in [1.807, 2.05) is 11.8 Å². The van der Waals surface area contributed by atoms with E-state index in [1.165, 1.54) is 0 Å². The van der Waals surface area contributed by atoms with Gasteiger partial charge in [-0.1, -0.05) is 6.42 Å². The third kappa shape index (κ3) is 3.84. The first-order valence-corrected chi connectivity index (χ1v) is 9.07. The second-order valence-electron chi connectivity index (χ2n) is 6.49. The van der Waals surface area contributed by atoms with Crippen molar-refractivity contribution < 1.29 is 14.7 Å². The van der Waals surface area contributed by atoms with Gasteiger partial charge in [0.1, 0.15) is 0 Å². The molecular weight excluding hydrogens is 288 g/mol. The fourth-order valence-corrected chi connectivity index (χ4v) is 4.23. The van der Waals surface area contributed by atoms with Crippen LogP contribution in [0.25, 0.3) is 0 Å². The second kappa shape index (κ2) is 6.90. The van der Waals surface area contributed by atoms with E-state index in [0.717, 1.165) is 43.8 Å². The fourth-order valence-electron chi connectivity index (χ4n) is 3.48. The number of hydrogen-bond donors (Lipinski definition) is 3. The van der Waals surface area contributed by atoms with Gasteiger partial charge >= 0.3 is 12.0 Å². The molecule has 2 aliphatic carbocycles. The van der Waals surface area contributed by atoms with Crippen molar-refractivity contribution in [1.29, 1.82) is 0 Å². The zero-order valence-electron chi connectivity index (χ0n) is 12.9. The Morgan fingerprint density at radius 1 is 1.14 bits per heavy atom. The highest BCUT2D eigenvalue weighted by atomic mass is 32.2. The molecule has 0 aliphatic heterocycles. The number of thioether (sulfide) groups is 1. The SMILES string of the molecule is CSC1CCC(NC(=O)NC2CCCC2(C)C(=O)O)CC1. The molecule has 0 spiro atoms. The first kappa shape index (κ1) is 16.5. The number of urea groups is 1. The number of carbonyl (C=O) groups is 2. The van der Waals surface area contributed by atoms with Gasteiger partial charge in [-0.25, -0.2) is 4.79 Å². The van der Waals surface area contributed by atoms with Crippen LogP contribution in [-0.4, -0.2) is 40.7 Å². The molecule has 0 aromatic heterocycles. The predicted octanol–water partition coefficient (Wildman–Crippen LogP) is 2.60. The molecule has 2 fully saturated rings. The van der Waals surface area contributed by atoms with Crippen molar-refractivity contribution in [2.24, 2.45) is 5.41 Å². The maximum Gasteiger partial charge on any atom is 0.315 e. The van der Waals surface area contributed by atoms with E-state index in [2.05, 4.69) is 16.9 Å². The summed E-state index contributed by atoms with van der Waals surface area (Å²) in [5, 5.41) is 16.0. The summed E-state index contributed by atoms with van der Waals surface area (Å²) in [6, 6.07) is -0.245. The van der Waals surface area contributed by atoms with Crippen LogP contribution in [0.3, 0.4) is 0 Å². The minimum Gasteiger partial charge on any atom is -0.481 e. The predicted molar refractivity (Wildman–Crippen MR) is 84.6 cm³/mol. The van der Waals surface area contributed by atoms with Gasteiger partial charge in [0.2, 0.25) is 0 Å². The molecule has 0 bridgehead atoms. The lowest BCUT2D eigenvalue weighted by molar-refractivity contribution is -0.148. The minimum atomic E-state index is -0.826. The Labute approximate surface area is 130 Å². The Hall–Kier alpha value is -0.910. The van der Waals surface area contributed by atoms with Crippen LogP contribution in [0.5, 0.6) is 0 Å². The molecule has 0 aromatic rings. The van der Waals surface area contributed by atoms with Crippen LogP contribution in [0.15, 0.2) is 0 Å². The number of carboxylic acids is 1. The second-order valence-corrected chi connectivity index (χ2v) is 7.63. The van der Waals surface area contributed by atoms with Crippen molar-refractivity contribution in [2.75, 3.05) is 6.26 Å². The smallest absolute Gasteiger partial charge is 0.315 e. The molecule has 120 valence electrons. The summed E-state index contributed by atoms with van der Waals surface area (Å²) in [6.07, 6.45) is 8.68. The summed E-state index contributed by atoms with van der Waals surface area (Å²) in [4.78, 5) is 23.5. The minimum absolute atomic E-state index is 0.207. The molecule has 5 nitrogen and oxygen atoms in total. The van der Waals surface area contributed by atoms with Crippen LogP contribution in [0.2, 0.25) is 0 Å². The van der Waals surface area contributed by atoms with Crippen molar-refractivity contribution >= 4 is 23.8 Å². The van der Waals surface area contributed by atoms with E-state index < -0.39 is 11.4 Å². The molecule has 2 aliphatic rings. The molecule has 0 saturated heterocycles. The van der Waals surface area contributed by atoms with E-state index >= 15 is 0 Å². The van der Waals surface area contributed by atoms with Gasteiger partial charge in [0, 0.05) is 17.3 Å². The molecule has 2 unspecified atom stereocenters. The lowest BCUT2D eigenvalue weighted by Gasteiger charge is -2.31. The number of carboxylic acid groups (broad SMARTS) is 1. The van der Waals surface area contributed by atoms with Gasteiger partial charge in [-0.2, -0.15) is 11.8 Å². The summed E-state index contributed by atoms with van der Waals surface area (Å²) >= 11 is 1.90. The summed E-state index contributed by atoms with van der Waals surface area (Å²) in [6.45, 7) is 1.73. The Kier molecular flexibility index (Phi) is 5.41. The first-order chi connectivity index (χ1) is 9.95. The number of hydrogen-bond acceptors (Lipinski definition) is 3. The Morgan fingerprint density at radius 3 is 2.38 bits per heavy atom. The molecule has 2 rings (SSSR count). The third-order valence-corrected chi connectivity index (χ3v) is 6.23. The van der Waals surface area contributed by atoms with Crippen molar-refractivity contribution in [3.63, 3.8) is 0 Å². The number of carbonyl (C=O) groups excluding carboxylic acids is 1. The number of aliphatic carboxylic acids is 1. The highest BCUT2D eigenvalue weighted by Gasteiger charge is 2.46. The largest absolute Gasteiger partial charge is 0.481 e. The van der Waals surface area contributed by atoms with Gasteiger partial charge in [-0.15, -0.1) is 0 Å². The molecule has 3 N–H and O–H groups in total. The van der Waals surface area contributed by atoms with E-state index in [4.69, 9.17) is 0 Å². The summed E-state index contributed by atoms with van der Waals surface area (Å²) < 4.78 is 0. The standard InChI is InChI=1S/C15H26N2O3S/c1-15(13(18)19)9-3-4-12(15)17-14(20)16-10-5-7-11(21-2)8-6-10/h10-12H,3-9H2,1-2H3,(H,18,19)(H2,16,17,20). The van der Waals surface area contributed by atoms with E-state index in [1.54, 1.807) is 6.92 Å². The van der Waals surface area contributed by atoms with Gasteiger partial charge in [0.15, 0.2) is 0 Å². The molecule has 2 saturated carbocycles. The summed E-state index contributed by atoms with van der Waals surface area (Å²) in [5.74, 6) is -0.814. The summed E-state index contributed by atoms with van der Waals surface area (Å²) in [7, 11) is 0. The monoisotopic (exact) mass is 314 g/mol. The highest BCUT2D eigenvalue weighted by Crippen LogP contribution is 2.38. The van der Waals surface area contributed by atoms with Gasteiger partial charge in [-0.05, 0) is 51.7 Å². The van der Waals surface area contributed by atoms with Crippen LogP contribution < -0.4 is 10.6 Å². The molecular formula is C15H26N2O3S. The quantitative estimate of drug-likeness (QED) is 0.745. The fraction of sp³-hybridized carbons (Fsp3) is 0.867. The molecule has 2 amide bonds. The zero-order chi connectivity index (χ0) is 15.5. The van der Waals surface area contributed by atoms with Crippen molar-refractivity contribution in [1.82, 2.24) is 10.6 Å². The Morgan fingerprint density at radius 2 is 1.81 bits per heavy atom. The van der Waals surface area contributed by atoms with Gasteiger partial charge < -0.3 is 15.7 Å². The van der Waals surface area contributed by atoms with Gasteiger partial charge in [0.25, 0.3) is 0 Å². The van der Waals surface area contributed by atoms with Gasteiger partial charge in [-0.3, -0.25) is 4.79 Å². The Balaban J connectivity index is 1.81. The number of rotatable bonds is 4.